The average molecular weight is 363 g/mol. The fourth-order valence-electron chi connectivity index (χ4n) is 3.15. The molecular weight excluding hydrogens is 341 g/mol. The van der Waals surface area contributed by atoms with Crippen molar-refractivity contribution in [2.45, 2.75) is 24.7 Å². The van der Waals surface area contributed by atoms with Gasteiger partial charge in [-0.25, -0.2) is 12.8 Å². The first-order valence-electron chi connectivity index (χ1n) is 8.41. The molecule has 0 aromatic heterocycles. The van der Waals surface area contributed by atoms with Crippen molar-refractivity contribution in [1.82, 2.24) is 4.31 Å². The summed E-state index contributed by atoms with van der Waals surface area (Å²) in [6, 6.07) is 13.3. The van der Waals surface area contributed by atoms with Gasteiger partial charge in [-0.1, -0.05) is 18.2 Å². The number of halogens is 1. The smallest absolute Gasteiger partial charge is 0.243 e. The summed E-state index contributed by atoms with van der Waals surface area (Å²) in [7, 11) is -3.61. The lowest BCUT2D eigenvalue weighted by Gasteiger charge is -2.32. The van der Waals surface area contributed by atoms with Crippen LogP contribution in [0.5, 0.6) is 5.75 Å². The highest BCUT2D eigenvalue weighted by Gasteiger charge is 2.31. The molecule has 2 aromatic carbocycles. The van der Waals surface area contributed by atoms with Gasteiger partial charge in [-0.2, -0.15) is 4.31 Å². The quantitative estimate of drug-likeness (QED) is 0.815. The molecule has 134 valence electrons. The van der Waals surface area contributed by atoms with Gasteiger partial charge >= 0.3 is 0 Å². The lowest BCUT2D eigenvalue weighted by atomic mass is 10.0. The Labute approximate surface area is 148 Å². The number of sulfonamides is 1. The summed E-state index contributed by atoms with van der Waals surface area (Å²) < 4.78 is 46.4. The molecule has 1 aliphatic rings. The van der Waals surface area contributed by atoms with E-state index in [1.807, 2.05) is 30.3 Å². The van der Waals surface area contributed by atoms with Gasteiger partial charge in [-0.05, 0) is 55.7 Å². The Morgan fingerprint density at radius 3 is 2.68 bits per heavy atom. The van der Waals surface area contributed by atoms with Crippen molar-refractivity contribution in [2.24, 2.45) is 5.92 Å². The zero-order valence-corrected chi connectivity index (χ0v) is 15.0. The van der Waals surface area contributed by atoms with Crippen LogP contribution in [0, 0.1) is 18.7 Å². The molecule has 0 radical (unpaired) electrons. The molecule has 1 atom stereocenters. The number of para-hydroxylation sites is 1. The van der Waals surface area contributed by atoms with E-state index in [1.165, 1.54) is 22.5 Å². The molecule has 0 spiro atoms. The summed E-state index contributed by atoms with van der Waals surface area (Å²) in [5.74, 6) is 0.505. The minimum Gasteiger partial charge on any atom is -0.493 e. The van der Waals surface area contributed by atoms with E-state index < -0.39 is 15.8 Å². The van der Waals surface area contributed by atoms with Crippen LogP contribution in [-0.4, -0.2) is 32.4 Å². The Morgan fingerprint density at radius 1 is 1.20 bits per heavy atom. The average Bonchev–Trinajstić information content (AvgIpc) is 2.61. The molecule has 0 aliphatic carbocycles. The number of benzene rings is 2. The van der Waals surface area contributed by atoms with Crippen LogP contribution in [0.15, 0.2) is 53.4 Å². The van der Waals surface area contributed by atoms with Crippen LogP contribution in [-0.2, 0) is 10.0 Å². The van der Waals surface area contributed by atoms with Gasteiger partial charge in [0.1, 0.15) is 11.6 Å². The summed E-state index contributed by atoms with van der Waals surface area (Å²) in [6.45, 7) is 3.02. The van der Waals surface area contributed by atoms with Crippen molar-refractivity contribution in [3.63, 3.8) is 0 Å². The van der Waals surface area contributed by atoms with Gasteiger partial charge in [0.15, 0.2) is 0 Å². The lowest BCUT2D eigenvalue weighted by Crippen LogP contribution is -2.41. The number of rotatable bonds is 5. The maximum absolute atomic E-state index is 13.3. The normalized spacial score (nSPS) is 18.9. The lowest BCUT2D eigenvalue weighted by molar-refractivity contribution is 0.180. The molecular formula is C19H22FNO3S. The van der Waals surface area contributed by atoms with Crippen LogP contribution in [0.25, 0.3) is 0 Å². The maximum Gasteiger partial charge on any atom is 0.243 e. The first kappa shape index (κ1) is 17.9. The second-order valence-corrected chi connectivity index (χ2v) is 8.31. The number of ether oxygens (including phenoxy) is 1. The monoisotopic (exact) mass is 363 g/mol. The second kappa shape index (κ2) is 7.54. The zero-order chi connectivity index (χ0) is 17.9. The summed E-state index contributed by atoms with van der Waals surface area (Å²) in [6.07, 6.45) is 1.73. The van der Waals surface area contributed by atoms with Gasteiger partial charge in [-0.15, -0.1) is 0 Å². The SMILES string of the molecule is Cc1cc(F)ccc1S(=O)(=O)N1CCCC(COc2ccccc2)C1. The number of piperidine rings is 1. The predicted octanol–water partition coefficient (Wildman–Crippen LogP) is 3.61. The van der Waals surface area contributed by atoms with Gasteiger partial charge in [0.05, 0.1) is 11.5 Å². The van der Waals surface area contributed by atoms with Crippen LogP contribution in [0.3, 0.4) is 0 Å². The molecule has 25 heavy (non-hydrogen) atoms. The standard InChI is InChI=1S/C19H22FNO3S/c1-15-12-17(20)9-10-19(15)25(22,23)21-11-5-6-16(13-21)14-24-18-7-3-2-4-8-18/h2-4,7-10,12,16H,5-6,11,13-14H2,1H3. The van der Waals surface area contributed by atoms with Crippen LogP contribution >= 0.6 is 0 Å². The molecule has 0 saturated carbocycles. The number of aryl methyl sites for hydroxylation is 1. The summed E-state index contributed by atoms with van der Waals surface area (Å²) in [5.41, 5.74) is 0.433. The van der Waals surface area contributed by atoms with E-state index >= 15 is 0 Å². The van der Waals surface area contributed by atoms with E-state index in [2.05, 4.69) is 0 Å². The Bertz CT molecular complexity index is 824. The van der Waals surface area contributed by atoms with E-state index in [9.17, 15) is 12.8 Å². The molecule has 6 heteroatoms. The number of hydrogen-bond donors (Lipinski definition) is 0. The molecule has 1 aliphatic heterocycles. The largest absolute Gasteiger partial charge is 0.493 e. The van der Waals surface area contributed by atoms with Crippen molar-refractivity contribution < 1.29 is 17.5 Å². The minimum absolute atomic E-state index is 0.143. The summed E-state index contributed by atoms with van der Waals surface area (Å²) in [5, 5.41) is 0. The van der Waals surface area contributed by atoms with E-state index in [0.717, 1.165) is 18.6 Å². The molecule has 1 saturated heterocycles. The zero-order valence-electron chi connectivity index (χ0n) is 14.2. The third-order valence-electron chi connectivity index (χ3n) is 4.47. The molecule has 2 aromatic rings. The fraction of sp³-hybridized carbons (Fsp3) is 0.368. The molecule has 4 nitrogen and oxygen atoms in total. The molecule has 0 N–H and O–H groups in total. The first-order valence-corrected chi connectivity index (χ1v) is 9.85. The molecule has 0 amide bonds. The van der Waals surface area contributed by atoms with Crippen LogP contribution in [0.2, 0.25) is 0 Å². The van der Waals surface area contributed by atoms with Gasteiger partial charge < -0.3 is 4.74 Å². The summed E-state index contributed by atoms with van der Waals surface area (Å²) in [4.78, 5) is 0.179. The molecule has 3 rings (SSSR count). The van der Waals surface area contributed by atoms with Crippen LogP contribution < -0.4 is 4.74 Å². The second-order valence-electron chi connectivity index (χ2n) is 6.41. The predicted molar refractivity (Wildman–Crippen MR) is 94.6 cm³/mol. The van der Waals surface area contributed by atoms with E-state index in [4.69, 9.17) is 4.74 Å². The number of nitrogens with zero attached hydrogens (tertiary/aromatic N) is 1. The number of hydrogen-bond acceptors (Lipinski definition) is 3. The van der Waals surface area contributed by atoms with Crippen molar-refractivity contribution in [3.8, 4) is 5.75 Å². The Balaban J connectivity index is 1.69. The molecule has 1 heterocycles. The maximum atomic E-state index is 13.3. The Kier molecular flexibility index (Phi) is 5.39. The van der Waals surface area contributed by atoms with Gasteiger partial charge in [0.2, 0.25) is 10.0 Å². The van der Waals surface area contributed by atoms with Gasteiger partial charge in [0.25, 0.3) is 0 Å². The van der Waals surface area contributed by atoms with E-state index in [0.29, 0.717) is 25.3 Å². The summed E-state index contributed by atoms with van der Waals surface area (Å²) >= 11 is 0. The van der Waals surface area contributed by atoms with Crippen molar-refractivity contribution in [3.05, 3.63) is 59.9 Å². The first-order chi connectivity index (χ1) is 12.0. The Hall–Kier alpha value is -1.92. The van der Waals surface area contributed by atoms with Crippen molar-refractivity contribution in [1.29, 1.82) is 0 Å². The van der Waals surface area contributed by atoms with E-state index in [-0.39, 0.29) is 10.8 Å². The third-order valence-corrected chi connectivity index (χ3v) is 6.49. The van der Waals surface area contributed by atoms with Crippen LogP contribution in [0.1, 0.15) is 18.4 Å². The highest BCUT2D eigenvalue weighted by molar-refractivity contribution is 7.89. The molecule has 1 unspecified atom stereocenters. The van der Waals surface area contributed by atoms with Gasteiger partial charge in [-0.3, -0.25) is 0 Å². The van der Waals surface area contributed by atoms with E-state index in [1.54, 1.807) is 6.92 Å². The third kappa shape index (κ3) is 4.19. The minimum atomic E-state index is -3.61. The van der Waals surface area contributed by atoms with Crippen LogP contribution in [0.4, 0.5) is 4.39 Å². The Morgan fingerprint density at radius 2 is 1.96 bits per heavy atom. The molecule has 0 bridgehead atoms. The topological polar surface area (TPSA) is 46.6 Å². The molecule has 1 fully saturated rings. The highest BCUT2D eigenvalue weighted by atomic mass is 32.2. The van der Waals surface area contributed by atoms with Gasteiger partial charge in [0, 0.05) is 19.0 Å². The highest BCUT2D eigenvalue weighted by Crippen LogP contribution is 2.26. The fourth-order valence-corrected chi connectivity index (χ4v) is 4.91. The van der Waals surface area contributed by atoms with Crippen molar-refractivity contribution >= 4 is 10.0 Å². The van der Waals surface area contributed by atoms with Crippen molar-refractivity contribution in [2.75, 3.05) is 19.7 Å².